The minimum Gasteiger partial charge on any atom is -0.310 e. The molecule has 1 atom stereocenters. The lowest BCUT2D eigenvalue weighted by Gasteiger charge is -2.28. The Balaban J connectivity index is 1.76. The van der Waals surface area contributed by atoms with Crippen LogP contribution in [0.1, 0.15) is 44.6 Å². The second-order valence-corrected chi connectivity index (χ2v) is 5.09. The predicted molar refractivity (Wildman–Crippen MR) is 66.1 cm³/mol. The number of nitrogens with zero attached hydrogens (tertiary/aromatic N) is 2. The van der Waals surface area contributed by atoms with Gasteiger partial charge >= 0.3 is 0 Å². The van der Waals surface area contributed by atoms with Crippen molar-refractivity contribution >= 4 is 0 Å². The van der Waals surface area contributed by atoms with Crippen LogP contribution in [0.25, 0.3) is 0 Å². The highest BCUT2D eigenvalue weighted by molar-refractivity contribution is 5.03. The van der Waals surface area contributed by atoms with Gasteiger partial charge in [0.2, 0.25) is 0 Å². The van der Waals surface area contributed by atoms with Crippen LogP contribution < -0.4 is 5.32 Å². The highest BCUT2D eigenvalue weighted by Gasteiger charge is 2.19. The van der Waals surface area contributed by atoms with Gasteiger partial charge in [-0.05, 0) is 25.7 Å². The van der Waals surface area contributed by atoms with Gasteiger partial charge < -0.3 is 5.32 Å². The molecule has 1 saturated carbocycles. The number of rotatable bonds is 4. The van der Waals surface area contributed by atoms with Crippen LogP contribution >= 0.6 is 0 Å². The molecule has 1 aromatic rings. The first-order valence-corrected chi connectivity index (χ1v) is 6.46. The zero-order valence-electron chi connectivity index (χ0n) is 10.4. The van der Waals surface area contributed by atoms with Crippen molar-refractivity contribution in [3.63, 3.8) is 0 Å². The first-order valence-electron chi connectivity index (χ1n) is 6.46. The Morgan fingerprint density at radius 2 is 2.19 bits per heavy atom. The van der Waals surface area contributed by atoms with Crippen molar-refractivity contribution in [1.82, 2.24) is 15.1 Å². The van der Waals surface area contributed by atoms with Gasteiger partial charge in [0.25, 0.3) is 0 Å². The number of hydrogen-bond acceptors (Lipinski definition) is 2. The van der Waals surface area contributed by atoms with E-state index in [-0.39, 0.29) is 0 Å². The van der Waals surface area contributed by atoms with Crippen LogP contribution in [-0.2, 0) is 13.6 Å². The number of aryl methyl sites for hydroxylation is 1. The van der Waals surface area contributed by atoms with Gasteiger partial charge in [0, 0.05) is 31.4 Å². The minimum atomic E-state index is 0.639. The molecule has 0 aliphatic heterocycles. The van der Waals surface area contributed by atoms with Gasteiger partial charge in [-0.3, -0.25) is 4.68 Å². The largest absolute Gasteiger partial charge is 0.310 e. The van der Waals surface area contributed by atoms with Crippen molar-refractivity contribution in [3.8, 4) is 0 Å². The summed E-state index contributed by atoms with van der Waals surface area (Å²) >= 11 is 0. The Morgan fingerprint density at radius 3 is 2.81 bits per heavy atom. The van der Waals surface area contributed by atoms with E-state index in [2.05, 4.69) is 23.5 Å². The molecule has 0 unspecified atom stereocenters. The van der Waals surface area contributed by atoms with E-state index in [1.165, 1.54) is 37.7 Å². The average molecular weight is 221 g/mol. The molecule has 1 aliphatic carbocycles. The number of hydrogen-bond donors (Lipinski definition) is 1. The van der Waals surface area contributed by atoms with E-state index in [9.17, 15) is 0 Å². The van der Waals surface area contributed by atoms with E-state index >= 15 is 0 Å². The molecule has 0 saturated heterocycles. The Hall–Kier alpha value is -0.830. The Kier molecular flexibility index (Phi) is 3.99. The molecular weight excluding hydrogens is 198 g/mol. The molecule has 0 amide bonds. The molecule has 1 aromatic heterocycles. The van der Waals surface area contributed by atoms with Crippen molar-refractivity contribution in [2.45, 2.75) is 51.6 Å². The third-order valence-corrected chi connectivity index (χ3v) is 3.74. The van der Waals surface area contributed by atoms with Crippen LogP contribution in [0.5, 0.6) is 0 Å². The van der Waals surface area contributed by atoms with E-state index < -0.39 is 0 Å². The molecule has 1 fully saturated rings. The van der Waals surface area contributed by atoms with Gasteiger partial charge in [-0.2, -0.15) is 5.10 Å². The Bertz CT molecular complexity index is 313. The van der Waals surface area contributed by atoms with Crippen molar-refractivity contribution in [2.75, 3.05) is 0 Å². The quantitative estimate of drug-likeness (QED) is 0.846. The topological polar surface area (TPSA) is 29.9 Å². The molecule has 1 N–H and O–H groups in total. The lowest BCUT2D eigenvalue weighted by atomic mass is 9.84. The minimum absolute atomic E-state index is 0.639. The van der Waals surface area contributed by atoms with E-state index in [1.54, 1.807) is 0 Å². The van der Waals surface area contributed by atoms with Crippen molar-refractivity contribution < 1.29 is 0 Å². The molecular formula is C13H23N3. The maximum atomic E-state index is 4.18. The summed E-state index contributed by atoms with van der Waals surface area (Å²) in [5.41, 5.74) is 1.28. The highest BCUT2D eigenvalue weighted by atomic mass is 15.2. The molecule has 1 aliphatic rings. The van der Waals surface area contributed by atoms with Gasteiger partial charge in [-0.1, -0.05) is 19.3 Å². The van der Waals surface area contributed by atoms with Crippen LogP contribution in [0.3, 0.4) is 0 Å². The SMILES string of the molecule is C[C@@H](NCc1cnn(C)c1)C1CCCCC1. The molecule has 0 radical (unpaired) electrons. The van der Waals surface area contributed by atoms with E-state index in [1.807, 2.05) is 17.9 Å². The molecule has 90 valence electrons. The maximum Gasteiger partial charge on any atom is 0.0534 e. The van der Waals surface area contributed by atoms with E-state index in [0.717, 1.165) is 12.5 Å². The van der Waals surface area contributed by atoms with E-state index in [0.29, 0.717) is 6.04 Å². The summed E-state index contributed by atoms with van der Waals surface area (Å²) in [7, 11) is 1.97. The van der Waals surface area contributed by atoms with Crippen LogP contribution in [0.4, 0.5) is 0 Å². The zero-order valence-corrected chi connectivity index (χ0v) is 10.4. The molecule has 2 rings (SSSR count). The molecule has 0 spiro atoms. The standard InChI is InChI=1S/C13H23N3/c1-11(13-6-4-3-5-7-13)14-8-12-9-15-16(2)10-12/h9-11,13-14H,3-8H2,1-2H3/t11-/m1/s1. The fraction of sp³-hybridized carbons (Fsp3) is 0.769. The Morgan fingerprint density at radius 1 is 1.44 bits per heavy atom. The molecule has 16 heavy (non-hydrogen) atoms. The summed E-state index contributed by atoms with van der Waals surface area (Å²) in [6, 6.07) is 0.639. The van der Waals surface area contributed by atoms with Crippen molar-refractivity contribution in [1.29, 1.82) is 0 Å². The Labute approximate surface area is 98.2 Å². The fourth-order valence-corrected chi connectivity index (χ4v) is 2.64. The second-order valence-electron chi connectivity index (χ2n) is 5.09. The third-order valence-electron chi connectivity index (χ3n) is 3.74. The monoisotopic (exact) mass is 221 g/mol. The van der Waals surface area contributed by atoms with Gasteiger partial charge in [0.05, 0.1) is 6.20 Å². The van der Waals surface area contributed by atoms with E-state index in [4.69, 9.17) is 0 Å². The first kappa shape index (κ1) is 11.6. The number of nitrogens with one attached hydrogen (secondary N) is 1. The summed E-state index contributed by atoms with van der Waals surface area (Å²) in [6.07, 6.45) is 11.1. The van der Waals surface area contributed by atoms with Crippen molar-refractivity contribution in [2.24, 2.45) is 13.0 Å². The van der Waals surface area contributed by atoms with Gasteiger partial charge in [-0.25, -0.2) is 0 Å². The van der Waals surface area contributed by atoms with Crippen LogP contribution in [-0.4, -0.2) is 15.8 Å². The molecule has 1 heterocycles. The number of aromatic nitrogens is 2. The van der Waals surface area contributed by atoms with Crippen LogP contribution in [0.2, 0.25) is 0 Å². The van der Waals surface area contributed by atoms with Gasteiger partial charge in [0.15, 0.2) is 0 Å². The highest BCUT2D eigenvalue weighted by Crippen LogP contribution is 2.26. The van der Waals surface area contributed by atoms with Gasteiger partial charge in [0.1, 0.15) is 0 Å². The summed E-state index contributed by atoms with van der Waals surface area (Å²) in [5, 5.41) is 7.81. The smallest absolute Gasteiger partial charge is 0.0534 e. The summed E-state index contributed by atoms with van der Waals surface area (Å²) in [4.78, 5) is 0. The lowest BCUT2D eigenvalue weighted by Crippen LogP contribution is -2.34. The average Bonchev–Trinajstić information content (AvgIpc) is 2.73. The van der Waals surface area contributed by atoms with Crippen molar-refractivity contribution in [3.05, 3.63) is 18.0 Å². The molecule has 3 heteroatoms. The molecule has 3 nitrogen and oxygen atoms in total. The third kappa shape index (κ3) is 3.08. The predicted octanol–water partition coefficient (Wildman–Crippen LogP) is 2.48. The molecule has 0 bridgehead atoms. The zero-order chi connectivity index (χ0) is 11.4. The second kappa shape index (κ2) is 5.48. The molecule has 0 aromatic carbocycles. The summed E-state index contributed by atoms with van der Waals surface area (Å²) in [5.74, 6) is 0.880. The first-order chi connectivity index (χ1) is 7.75. The summed E-state index contributed by atoms with van der Waals surface area (Å²) in [6.45, 7) is 3.28. The fourth-order valence-electron chi connectivity index (χ4n) is 2.64. The summed E-state index contributed by atoms with van der Waals surface area (Å²) < 4.78 is 1.86. The lowest BCUT2D eigenvalue weighted by molar-refractivity contribution is 0.280. The normalized spacial score (nSPS) is 19.9. The van der Waals surface area contributed by atoms with Crippen LogP contribution in [0.15, 0.2) is 12.4 Å². The van der Waals surface area contributed by atoms with Gasteiger partial charge in [-0.15, -0.1) is 0 Å². The maximum absolute atomic E-state index is 4.18. The van der Waals surface area contributed by atoms with Crippen LogP contribution in [0, 0.1) is 5.92 Å².